The topological polar surface area (TPSA) is 118 Å². The monoisotopic (exact) mass is 410 g/mol. The van der Waals surface area contributed by atoms with E-state index in [4.69, 9.17) is 8.92 Å². The molecular weight excluding hydrogens is 396 g/mol. The number of ether oxygens (including phenoxy) is 1. The van der Waals surface area contributed by atoms with Crippen LogP contribution in [-0.4, -0.2) is 18.4 Å². The van der Waals surface area contributed by atoms with Crippen LogP contribution in [0.3, 0.4) is 0 Å². The highest BCUT2D eigenvalue weighted by Gasteiger charge is 2.18. The molecule has 0 fully saturated rings. The Bertz CT molecular complexity index is 1390. The average Bonchev–Trinajstić information content (AvgIpc) is 2.70. The van der Waals surface area contributed by atoms with Crippen LogP contribution in [-0.2, 0) is 10.1 Å². The van der Waals surface area contributed by atoms with Gasteiger partial charge in [0.25, 0.3) is 0 Å². The minimum atomic E-state index is -4.15. The lowest BCUT2D eigenvalue weighted by atomic mass is 10.3. The molecule has 29 heavy (non-hydrogen) atoms. The molecule has 2 N–H and O–H groups in total. The van der Waals surface area contributed by atoms with Crippen LogP contribution in [0, 0.1) is 0 Å². The summed E-state index contributed by atoms with van der Waals surface area (Å²) in [5.41, 5.74) is -1.22. The van der Waals surface area contributed by atoms with Gasteiger partial charge in [0.05, 0.1) is 11.0 Å². The number of benzene rings is 3. The second-order valence-corrected chi connectivity index (χ2v) is 7.59. The molecule has 8 nitrogen and oxygen atoms in total. The fourth-order valence-corrected chi connectivity index (χ4v) is 3.57. The largest absolute Gasteiger partial charge is 0.457 e. The summed E-state index contributed by atoms with van der Waals surface area (Å²) in [7, 11) is -4.15. The highest BCUT2D eigenvalue weighted by molar-refractivity contribution is 7.87. The van der Waals surface area contributed by atoms with Gasteiger partial charge in [-0.25, -0.2) is 0 Å². The van der Waals surface area contributed by atoms with Crippen molar-refractivity contribution in [3.63, 3.8) is 0 Å². The molecular formula is C20H14N2O6S. The minimum Gasteiger partial charge on any atom is -0.457 e. The molecule has 146 valence electrons. The van der Waals surface area contributed by atoms with Crippen molar-refractivity contribution in [3.8, 4) is 17.2 Å². The Morgan fingerprint density at radius 3 is 1.93 bits per heavy atom. The van der Waals surface area contributed by atoms with Gasteiger partial charge in [-0.15, -0.1) is 0 Å². The third kappa shape index (κ3) is 4.04. The third-order valence-corrected chi connectivity index (χ3v) is 5.23. The number of hydrogen-bond acceptors (Lipinski definition) is 6. The molecule has 9 heteroatoms. The van der Waals surface area contributed by atoms with Crippen molar-refractivity contribution in [1.29, 1.82) is 0 Å². The molecule has 0 saturated carbocycles. The van der Waals surface area contributed by atoms with Gasteiger partial charge in [0.15, 0.2) is 0 Å². The first kappa shape index (κ1) is 18.5. The molecule has 0 saturated heterocycles. The molecule has 4 aromatic rings. The van der Waals surface area contributed by atoms with Gasteiger partial charge in [0.1, 0.15) is 22.1 Å². The van der Waals surface area contributed by atoms with E-state index in [0.717, 1.165) is 0 Å². The minimum absolute atomic E-state index is 0.0977. The van der Waals surface area contributed by atoms with Crippen molar-refractivity contribution in [2.75, 3.05) is 0 Å². The van der Waals surface area contributed by atoms with E-state index < -0.39 is 21.2 Å². The zero-order valence-electron chi connectivity index (χ0n) is 14.8. The lowest BCUT2D eigenvalue weighted by Gasteiger charge is -2.09. The quantitative estimate of drug-likeness (QED) is 0.386. The van der Waals surface area contributed by atoms with Gasteiger partial charge in [0.2, 0.25) is 0 Å². The van der Waals surface area contributed by atoms with Gasteiger partial charge in [-0.2, -0.15) is 8.42 Å². The number of nitrogens with one attached hydrogen (secondary N) is 2. The van der Waals surface area contributed by atoms with Crippen molar-refractivity contribution < 1.29 is 17.3 Å². The van der Waals surface area contributed by atoms with Crippen LogP contribution in [0.4, 0.5) is 0 Å². The van der Waals surface area contributed by atoms with Crippen molar-refractivity contribution in [2.24, 2.45) is 0 Å². The number of para-hydroxylation sites is 1. The molecule has 4 rings (SSSR count). The first-order valence-electron chi connectivity index (χ1n) is 8.44. The van der Waals surface area contributed by atoms with Crippen LogP contribution >= 0.6 is 0 Å². The summed E-state index contributed by atoms with van der Waals surface area (Å²) in [6, 6.07) is 19.1. The molecule has 0 atom stereocenters. The van der Waals surface area contributed by atoms with Crippen molar-refractivity contribution in [3.05, 3.63) is 93.5 Å². The number of hydrogen-bond donors (Lipinski definition) is 2. The molecule has 0 radical (unpaired) electrons. The van der Waals surface area contributed by atoms with E-state index in [1.807, 2.05) is 18.2 Å². The van der Waals surface area contributed by atoms with Gasteiger partial charge in [-0.1, -0.05) is 18.2 Å². The standard InChI is InChI=1S/C20H14N2O6S/c23-19-20(24)22-18-12-16(10-11-17(18)21-19)29(25,26)28-15-8-6-14(7-9-15)27-13-4-2-1-3-5-13/h1-12H,(H,21,23)(H,22,24). The summed E-state index contributed by atoms with van der Waals surface area (Å²) in [6.07, 6.45) is 0. The Morgan fingerprint density at radius 2 is 1.24 bits per heavy atom. The first-order chi connectivity index (χ1) is 13.9. The maximum absolute atomic E-state index is 12.6. The molecule has 0 aliphatic carbocycles. The fraction of sp³-hybridized carbons (Fsp3) is 0. The van der Waals surface area contributed by atoms with E-state index in [0.29, 0.717) is 17.0 Å². The Labute approximate surface area is 164 Å². The second-order valence-electron chi connectivity index (χ2n) is 6.04. The molecule has 0 spiro atoms. The van der Waals surface area contributed by atoms with E-state index >= 15 is 0 Å². The van der Waals surface area contributed by atoms with Crippen molar-refractivity contribution in [2.45, 2.75) is 4.90 Å². The van der Waals surface area contributed by atoms with Gasteiger partial charge < -0.3 is 18.9 Å². The van der Waals surface area contributed by atoms with Gasteiger partial charge in [-0.05, 0) is 54.6 Å². The highest BCUT2D eigenvalue weighted by atomic mass is 32.2. The SMILES string of the molecule is O=c1[nH]c2ccc(S(=O)(=O)Oc3ccc(Oc4ccccc4)cc3)cc2[nH]c1=O. The number of aromatic nitrogens is 2. The Kier molecular flexibility index (Phi) is 4.65. The summed E-state index contributed by atoms with van der Waals surface area (Å²) < 4.78 is 35.9. The molecule has 1 heterocycles. The van der Waals surface area contributed by atoms with Gasteiger partial charge in [-0.3, -0.25) is 9.59 Å². The maximum Gasteiger partial charge on any atom is 0.339 e. The van der Waals surface area contributed by atoms with Crippen LogP contribution in [0.25, 0.3) is 11.0 Å². The number of H-pyrrole nitrogens is 2. The van der Waals surface area contributed by atoms with Gasteiger partial charge in [0, 0.05) is 0 Å². The van der Waals surface area contributed by atoms with E-state index in [-0.39, 0.29) is 16.2 Å². The van der Waals surface area contributed by atoms with Crippen LogP contribution < -0.4 is 20.0 Å². The lowest BCUT2D eigenvalue weighted by molar-refractivity contribution is 0.474. The normalized spacial score (nSPS) is 11.3. The Morgan fingerprint density at radius 1 is 0.655 bits per heavy atom. The lowest BCUT2D eigenvalue weighted by Crippen LogP contribution is -2.29. The molecule has 0 aliphatic rings. The molecule has 0 unspecified atom stereocenters. The van der Waals surface area contributed by atoms with Crippen LogP contribution in [0.2, 0.25) is 0 Å². The van der Waals surface area contributed by atoms with Crippen molar-refractivity contribution >= 4 is 21.2 Å². The predicted octanol–water partition coefficient (Wildman–Crippen LogP) is 2.78. The maximum atomic E-state index is 12.6. The zero-order chi connectivity index (χ0) is 20.4. The van der Waals surface area contributed by atoms with E-state index in [9.17, 15) is 18.0 Å². The van der Waals surface area contributed by atoms with E-state index in [2.05, 4.69) is 9.97 Å². The van der Waals surface area contributed by atoms with Crippen molar-refractivity contribution in [1.82, 2.24) is 9.97 Å². The summed E-state index contributed by atoms with van der Waals surface area (Å²) >= 11 is 0. The molecule has 0 bridgehead atoms. The number of fused-ring (bicyclic) bond motifs is 1. The Hall–Kier alpha value is -3.85. The van der Waals surface area contributed by atoms with Gasteiger partial charge >= 0.3 is 21.2 Å². The summed E-state index contributed by atoms with van der Waals surface area (Å²) in [6.45, 7) is 0. The first-order valence-corrected chi connectivity index (χ1v) is 9.85. The highest BCUT2D eigenvalue weighted by Crippen LogP contribution is 2.26. The summed E-state index contributed by atoms with van der Waals surface area (Å²) in [4.78, 5) is 27.3. The number of rotatable bonds is 5. The zero-order valence-corrected chi connectivity index (χ0v) is 15.6. The second kappa shape index (κ2) is 7.28. The molecule has 1 aromatic heterocycles. The van der Waals surface area contributed by atoms with E-state index in [1.165, 1.54) is 30.3 Å². The van der Waals surface area contributed by atoms with Crippen LogP contribution in [0.15, 0.2) is 87.3 Å². The molecule has 0 amide bonds. The average molecular weight is 410 g/mol. The van der Waals surface area contributed by atoms with E-state index in [1.54, 1.807) is 24.3 Å². The summed E-state index contributed by atoms with van der Waals surface area (Å²) in [5, 5.41) is 0. The van der Waals surface area contributed by atoms with Crippen LogP contribution in [0.5, 0.6) is 17.2 Å². The Balaban J connectivity index is 1.56. The third-order valence-electron chi connectivity index (χ3n) is 3.99. The molecule has 0 aliphatic heterocycles. The number of aromatic amines is 2. The van der Waals surface area contributed by atoms with Crippen LogP contribution in [0.1, 0.15) is 0 Å². The predicted molar refractivity (Wildman–Crippen MR) is 106 cm³/mol. The summed E-state index contributed by atoms with van der Waals surface area (Å²) in [5.74, 6) is 1.27. The smallest absolute Gasteiger partial charge is 0.339 e. The molecule has 3 aromatic carbocycles. The fourth-order valence-electron chi connectivity index (χ4n) is 2.61.